The predicted molar refractivity (Wildman–Crippen MR) is 89.7 cm³/mol. The highest BCUT2D eigenvalue weighted by Crippen LogP contribution is 2.18. The molecule has 0 aromatic rings. The lowest BCUT2D eigenvalue weighted by Crippen LogP contribution is -1.98. The summed E-state index contributed by atoms with van der Waals surface area (Å²) in [5.41, 5.74) is 0. The van der Waals surface area contributed by atoms with E-state index >= 15 is 0 Å². The zero-order valence-electron chi connectivity index (χ0n) is 14.3. The van der Waals surface area contributed by atoms with Crippen LogP contribution in [0.4, 0.5) is 0 Å². The van der Waals surface area contributed by atoms with Crippen LogP contribution in [0, 0.1) is 11.8 Å². The van der Waals surface area contributed by atoms with Crippen LogP contribution in [0.1, 0.15) is 111 Å². The molecule has 0 aliphatic rings. The van der Waals surface area contributed by atoms with Gasteiger partial charge >= 0.3 is 0 Å². The molecule has 116 valence electrons. The van der Waals surface area contributed by atoms with Crippen LogP contribution in [0.25, 0.3) is 0 Å². The molecule has 0 heteroatoms. The van der Waals surface area contributed by atoms with Crippen LogP contribution in [-0.4, -0.2) is 0 Å². The molecule has 0 aromatic carbocycles. The lowest BCUT2D eigenvalue weighted by molar-refractivity contribution is 0.409. The van der Waals surface area contributed by atoms with E-state index in [0.29, 0.717) is 0 Å². The minimum absolute atomic E-state index is 0.884. The Bertz CT molecular complexity index is 159. The Kier molecular flexibility index (Phi) is 14.4. The lowest BCUT2D eigenvalue weighted by atomic mass is 9.94. The van der Waals surface area contributed by atoms with Gasteiger partial charge in [-0.2, -0.15) is 0 Å². The third kappa shape index (κ3) is 15.9. The predicted octanol–water partition coefficient (Wildman–Crippen LogP) is 7.37. The molecule has 0 N–H and O–H groups in total. The van der Waals surface area contributed by atoms with E-state index in [-0.39, 0.29) is 0 Å². The van der Waals surface area contributed by atoms with Gasteiger partial charge in [-0.05, 0) is 11.8 Å². The molecule has 0 saturated heterocycles. The van der Waals surface area contributed by atoms with Crippen molar-refractivity contribution in [1.29, 1.82) is 0 Å². The third-order valence-electron chi connectivity index (χ3n) is 4.29. The van der Waals surface area contributed by atoms with Crippen LogP contribution in [0.5, 0.6) is 0 Å². The summed E-state index contributed by atoms with van der Waals surface area (Å²) in [4.78, 5) is 0. The minimum Gasteiger partial charge on any atom is -0.0654 e. The Morgan fingerprint density at radius 1 is 0.526 bits per heavy atom. The Morgan fingerprint density at radius 2 is 1.00 bits per heavy atom. The molecule has 19 heavy (non-hydrogen) atoms. The van der Waals surface area contributed by atoms with E-state index in [9.17, 15) is 0 Å². The summed E-state index contributed by atoms with van der Waals surface area (Å²) in [6, 6.07) is 0. The van der Waals surface area contributed by atoms with Gasteiger partial charge in [0.25, 0.3) is 0 Å². The Labute approximate surface area is 123 Å². The van der Waals surface area contributed by atoms with Crippen molar-refractivity contribution in [3.05, 3.63) is 0 Å². The molecule has 0 aromatic heterocycles. The van der Waals surface area contributed by atoms with Crippen LogP contribution < -0.4 is 0 Å². The van der Waals surface area contributed by atoms with E-state index < -0.39 is 0 Å². The van der Waals surface area contributed by atoms with Crippen molar-refractivity contribution >= 4 is 0 Å². The largest absolute Gasteiger partial charge is 0.0654 e. The first-order valence-electron chi connectivity index (χ1n) is 9.16. The first kappa shape index (κ1) is 19.0. The molecule has 0 spiro atoms. The second-order valence-corrected chi connectivity index (χ2v) is 7.05. The summed E-state index contributed by atoms with van der Waals surface area (Å²) in [6.45, 7) is 9.42. The quantitative estimate of drug-likeness (QED) is 0.288. The summed E-state index contributed by atoms with van der Waals surface area (Å²) in [5.74, 6) is 1.84. The lowest BCUT2D eigenvalue weighted by Gasteiger charge is -2.12. The first-order valence-corrected chi connectivity index (χ1v) is 9.16. The fourth-order valence-corrected chi connectivity index (χ4v) is 2.74. The Morgan fingerprint density at radius 3 is 1.47 bits per heavy atom. The van der Waals surface area contributed by atoms with Gasteiger partial charge in [-0.3, -0.25) is 0 Å². The molecule has 0 aliphatic heterocycles. The maximum absolute atomic E-state index is 2.44. The molecule has 1 atom stereocenters. The van der Waals surface area contributed by atoms with Gasteiger partial charge < -0.3 is 0 Å². The van der Waals surface area contributed by atoms with Gasteiger partial charge in [0, 0.05) is 0 Å². The molecular weight excluding hydrogens is 228 g/mol. The van der Waals surface area contributed by atoms with Crippen molar-refractivity contribution in [2.75, 3.05) is 0 Å². The minimum atomic E-state index is 0.884. The van der Waals surface area contributed by atoms with Crippen molar-refractivity contribution < 1.29 is 0 Å². The molecule has 0 rings (SSSR count). The number of unbranched alkanes of at least 4 members (excludes halogenated alkanes) is 9. The molecule has 0 aliphatic carbocycles. The zero-order chi connectivity index (χ0) is 14.3. The van der Waals surface area contributed by atoms with Crippen molar-refractivity contribution in [2.24, 2.45) is 11.8 Å². The van der Waals surface area contributed by atoms with E-state index in [0.717, 1.165) is 11.8 Å². The second kappa shape index (κ2) is 14.4. The van der Waals surface area contributed by atoms with Crippen LogP contribution in [0.2, 0.25) is 0 Å². The van der Waals surface area contributed by atoms with E-state index in [1.54, 1.807) is 0 Å². The second-order valence-electron chi connectivity index (χ2n) is 7.05. The monoisotopic (exact) mass is 268 g/mol. The van der Waals surface area contributed by atoms with Gasteiger partial charge in [0.15, 0.2) is 0 Å². The SMILES string of the molecule is CCCCCCCCCCCC[C@H](C)CCC(C)C. The topological polar surface area (TPSA) is 0 Å². The highest BCUT2D eigenvalue weighted by atomic mass is 14.1. The highest BCUT2D eigenvalue weighted by Gasteiger charge is 2.03. The molecule has 0 nitrogen and oxygen atoms in total. The number of hydrogen-bond donors (Lipinski definition) is 0. The van der Waals surface area contributed by atoms with Gasteiger partial charge in [-0.25, -0.2) is 0 Å². The zero-order valence-corrected chi connectivity index (χ0v) is 14.3. The standard InChI is InChI=1S/C19H40/c1-5-6-7-8-9-10-11-12-13-14-15-19(4)17-16-18(2)3/h18-19H,5-17H2,1-4H3/t19-/m0/s1. The maximum Gasteiger partial charge on any atom is -0.0443 e. The normalized spacial score (nSPS) is 13.1. The summed E-state index contributed by atoms with van der Waals surface area (Å²) < 4.78 is 0. The van der Waals surface area contributed by atoms with Gasteiger partial charge in [0.1, 0.15) is 0 Å². The van der Waals surface area contributed by atoms with Gasteiger partial charge in [-0.1, -0.05) is 111 Å². The molecule has 0 heterocycles. The van der Waals surface area contributed by atoms with Crippen LogP contribution in [0.3, 0.4) is 0 Å². The van der Waals surface area contributed by atoms with Gasteiger partial charge in [-0.15, -0.1) is 0 Å². The van der Waals surface area contributed by atoms with E-state index in [1.165, 1.54) is 83.5 Å². The molecule has 0 bridgehead atoms. The fraction of sp³-hybridized carbons (Fsp3) is 1.00. The maximum atomic E-state index is 2.44. The molecule has 0 fully saturated rings. The van der Waals surface area contributed by atoms with E-state index in [1.807, 2.05) is 0 Å². The Balaban J connectivity index is 3.09. The van der Waals surface area contributed by atoms with Crippen molar-refractivity contribution in [3.63, 3.8) is 0 Å². The highest BCUT2D eigenvalue weighted by molar-refractivity contribution is 4.56. The van der Waals surface area contributed by atoms with Crippen LogP contribution in [0.15, 0.2) is 0 Å². The number of hydrogen-bond acceptors (Lipinski definition) is 0. The third-order valence-corrected chi connectivity index (χ3v) is 4.29. The van der Waals surface area contributed by atoms with E-state index in [2.05, 4.69) is 27.7 Å². The van der Waals surface area contributed by atoms with Crippen molar-refractivity contribution in [3.8, 4) is 0 Å². The number of rotatable bonds is 14. The van der Waals surface area contributed by atoms with Crippen molar-refractivity contribution in [1.82, 2.24) is 0 Å². The fourth-order valence-electron chi connectivity index (χ4n) is 2.74. The molecule has 0 amide bonds. The molecule has 0 saturated carbocycles. The molecule has 0 radical (unpaired) electrons. The van der Waals surface area contributed by atoms with E-state index in [4.69, 9.17) is 0 Å². The average Bonchev–Trinajstić information content (AvgIpc) is 2.38. The summed E-state index contributed by atoms with van der Waals surface area (Å²) in [7, 11) is 0. The van der Waals surface area contributed by atoms with Gasteiger partial charge in [0.2, 0.25) is 0 Å². The summed E-state index contributed by atoms with van der Waals surface area (Å²) in [6.07, 6.45) is 18.9. The van der Waals surface area contributed by atoms with Crippen LogP contribution in [-0.2, 0) is 0 Å². The Hall–Kier alpha value is 0. The average molecular weight is 269 g/mol. The van der Waals surface area contributed by atoms with Gasteiger partial charge in [0.05, 0.1) is 0 Å². The summed E-state index contributed by atoms with van der Waals surface area (Å²) in [5, 5.41) is 0. The molecular formula is C19H40. The van der Waals surface area contributed by atoms with Crippen molar-refractivity contribution in [2.45, 2.75) is 111 Å². The summed E-state index contributed by atoms with van der Waals surface area (Å²) >= 11 is 0. The smallest absolute Gasteiger partial charge is 0.0443 e. The van der Waals surface area contributed by atoms with Crippen LogP contribution >= 0.6 is 0 Å². The first-order chi connectivity index (χ1) is 9.16. The molecule has 0 unspecified atom stereocenters.